The lowest BCUT2D eigenvalue weighted by Gasteiger charge is -2.32. The molecule has 142 valence electrons. The van der Waals surface area contributed by atoms with Gasteiger partial charge in [-0.2, -0.15) is 0 Å². The summed E-state index contributed by atoms with van der Waals surface area (Å²) < 4.78 is 4.75. The molecule has 26 heavy (non-hydrogen) atoms. The van der Waals surface area contributed by atoms with Crippen molar-refractivity contribution in [1.82, 2.24) is 0 Å². The summed E-state index contributed by atoms with van der Waals surface area (Å²) in [5, 5.41) is 8.88. The van der Waals surface area contributed by atoms with E-state index in [1.54, 1.807) is 19.1 Å². The van der Waals surface area contributed by atoms with E-state index in [4.69, 9.17) is 9.84 Å². The number of carbonyl (C=O) groups is 2. The predicted octanol–water partition coefficient (Wildman–Crippen LogP) is 5.15. The first-order valence-corrected chi connectivity index (χ1v) is 8.85. The summed E-state index contributed by atoms with van der Waals surface area (Å²) in [6, 6.07) is 0. The molecule has 4 heteroatoms. The number of ether oxygens (including phenoxy) is 1. The molecule has 0 aromatic heterocycles. The van der Waals surface area contributed by atoms with E-state index in [2.05, 4.69) is 26.8 Å². The molecule has 0 bridgehead atoms. The van der Waals surface area contributed by atoms with Gasteiger partial charge >= 0.3 is 11.9 Å². The van der Waals surface area contributed by atoms with E-state index in [9.17, 15) is 9.59 Å². The van der Waals surface area contributed by atoms with Crippen molar-refractivity contribution >= 4 is 11.9 Å². The first kappa shape index (κ1) is 21.7. The number of carboxylic acids is 1. The van der Waals surface area contributed by atoms with Crippen LogP contribution in [0.3, 0.4) is 0 Å². The molecule has 0 unspecified atom stereocenters. The summed E-state index contributed by atoms with van der Waals surface area (Å²) in [6.07, 6.45) is 12.1. The Morgan fingerprint density at radius 2 is 1.85 bits per heavy atom. The van der Waals surface area contributed by atoms with Gasteiger partial charge in [-0.3, -0.25) is 0 Å². The lowest BCUT2D eigenvalue weighted by atomic mass is 9.72. The van der Waals surface area contributed by atoms with Gasteiger partial charge < -0.3 is 9.84 Å². The van der Waals surface area contributed by atoms with Crippen molar-refractivity contribution < 1.29 is 19.4 Å². The average molecular weight is 358 g/mol. The van der Waals surface area contributed by atoms with Gasteiger partial charge in [-0.25, -0.2) is 9.59 Å². The van der Waals surface area contributed by atoms with Gasteiger partial charge in [0.15, 0.2) is 0 Å². The van der Waals surface area contributed by atoms with Crippen LogP contribution < -0.4 is 0 Å². The normalized spacial score (nSPS) is 19.1. The number of hydrogen-bond donors (Lipinski definition) is 1. The van der Waals surface area contributed by atoms with E-state index < -0.39 is 11.9 Å². The second-order valence-electron chi connectivity index (χ2n) is 7.41. The molecule has 0 aromatic carbocycles. The van der Waals surface area contributed by atoms with Gasteiger partial charge in [-0.05, 0) is 62.7 Å². The molecule has 0 radical (unpaired) electrons. The minimum atomic E-state index is -1.10. The van der Waals surface area contributed by atoms with Gasteiger partial charge in [0.2, 0.25) is 0 Å². The Balaban J connectivity index is 3.11. The number of rotatable bonds is 6. The Kier molecular flexibility index (Phi) is 7.81. The van der Waals surface area contributed by atoms with Crippen molar-refractivity contribution in [1.29, 1.82) is 0 Å². The molecular formula is C22H30O4. The maximum Gasteiger partial charge on any atom is 0.338 e. The van der Waals surface area contributed by atoms with E-state index >= 15 is 0 Å². The van der Waals surface area contributed by atoms with E-state index in [0.29, 0.717) is 5.57 Å². The zero-order chi connectivity index (χ0) is 19.9. The fourth-order valence-corrected chi connectivity index (χ4v) is 3.23. The Bertz CT molecular complexity index is 712. The third-order valence-corrected chi connectivity index (χ3v) is 4.74. The lowest BCUT2D eigenvalue weighted by molar-refractivity contribution is -0.135. The maximum atomic E-state index is 11.9. The minimum Gasteiger partial charge on any atom is -0.478 e. The second kappa shape index (κ2) is 9.37. The monoisotopic (exact) mass is 358 g/mol. The van der Waals surface area contributed by atoms with Crippen LogP contribution in [-0.4, -0.2) is 24.2 Å². The minimum absolute atomic E-state index is 0.174. The van der Waals surface area contributed by atoms with Gasteiger partial charge in [0.1, 0.15) is 0 Å². The molecule has 0 spiro atoms. The Labute approximate surface area is 156 Å². The molecule has 0 saturated carbocycles. The molecule has 0 fully saturated rings. The first-order chi connectivity index (χ1) is 12.1. The summed E-state index contributed by atoms with van der Waals surface area (Å²) in [4.78, 5) is 22.7. The predicted molar refractivity (Wildman–Crippen MR) is 105 cm³/mol. The van der Waals surface area contributed by atoms with Gasteiger partial charge in [-0.15, -0.1) is 0 Å². The number of aliphatic carboxylic acids is 1. The van der Waals surface area contributed by atoms with E-state index in [-0.39, 0.29) is 11.0 Å². The number of allylic oxidation sites excluding steroid dienone is 7. The summed E-state index contributed by atoms with van der Waals surface area (Å²) in [5.74, 6) is -1.65. The third-order valence-electron chi connectivity index (χ3n) is 4.74. The maximum absolute atomic E-state index is 11.9. The highest BCUT2D eigenvalue weighted by molar-refractivity contribution is 5.96. The number of carbonyl (C=O) groups excluding carboxylic acids is 1. The van der Waals surface area contributed by atoms with Gasteiger partial charge in [-0.1, -0.05) is 43.2 Å². The van der Waals surface area contributed by atoms with Crippen LogP contribution >= 0.6 is 0 Å². The highest BCUT2D eigenvalue weighted by atomic mass is 16.5. The van der Waals surface area contributed by atoms with Crippen molar-refractivity contribution in [2.24, 2.45) is 5.41 Å². The Morgan fingerprint density at radius 1 is 1.19 bits per heavy atom. The highest BCUT2D eigenvalue weighted by Crippen LogP contribution is 2.40. The standard InChI is InChI=1S/C22H30O4/c1-15(10-12-19-16(2)8-7-13-22(19,4)5)9-11-18(21(25)26-6)17(3)14-20(23)24/h9-12,14H,7-8,13H2,1-6H3,(H,23,24)/b12-10?,15-9?,17-14-,18-11?. The molecule has 1 rings (SSSR count). The number of esters is 1. The van der Waals surface area contributed by atoms with Crippen LogP contribution in [0.2, 0.25) is 0 Å². The number of hydrogen-bond acceptors (Lipinski definition) is 3. The third kappa shape index (κ3) is 6.17. The quantitative estimate of drug-likeness (QED) is 0.405. The molecule has 0 heterocycles. The summed E-state index contributed by atoms with van der Waals surface area (Å²) in [6.45, 7) is 10.3. The van der Waals surface area contributed by atoms with Gasteiger partial charge in [0.05, 0.1) is 12.7 Å². The van der Waals surface area contributed by atoms with E-state index in [1.165, 1.54) is 31.1 Å². The lowest BCUT2D eigenvalue weighted by Crippen LogP contribution is -2.19. The van der Waals surface area contributed by atoms with Crippen molar-refractivity contribution in [3.05, 3.63) is 58.2 Å². The smallest absolute Gasteiger partial charge is 0.338 e. The van der Waals surface area contributed by atoms with Crippen molar-refractivity contribution in [3.8, 4) is 0 Å². The molecule has 1 N–H and O–H groups in total. The molecule has 0 aromatic rings. The van der Waals surface area contributed by atoms with Gasteiger partial charge in [0, 0.05) is 6.08 Å². The highest BCUT2D eigenvalue weighted by Gasteiger charge is 2.26. The molecule has 1 aliphatic carbocycles. The van der Waals surface area contributed by atoms with Crippen LogP contribution in [0.4, 0.5) is 0 Å². The summed E-state index contributed by atoms with van der Waals surface area (Å²) >= 11 is 0. The van der Waals surface area contributed by atoms with Gasteiger partial charge in [0.25, 0.3) is 0 Å². The Morgan fingerprint density at radius 3 is 2.38 bits per heavy atom. The molecule has 0 atom stereocenters. The fraction of sp³-hybridized carbons (Fsp3) is 0.455. The zero-order valence-corrected chi connectivity index (χ0v) is 16.7. The van der Waals surface area contributed by atoms with Crippen LogP contribution in [0.5, 0.6) is 0 Å². The topological polar surface area (TPSA) is 63.6 Å². The van der Waals surface area contributed by atoms with Crippen LogP contribution in [0, 0.1) is 5.41 Å². The molecule has 4 nitrogen and oxygen atoms in total. The van der Waals surface area contributed by atoms with E-state index in [1.807, 2.05) is 13.0 Å². The van der Waals surface area contributed by atoms with Crippen LogP contribution in [0.1, 0.15) is 53.9 Å². The Hall–Kier alpha value is -2.36. The molecular weight excluding hydrogens is 328 g/mol. The molecule has 1 aliphatic rings. The first-order valence-electron chi connectivity index (χ1n) is 8.85. The number of carboxylic acid groups (broad SMARTS) is 1. The van der Waals surface area contributed by atoms with Crippen molar-refractivity contribution in [2.75, 3.05) is 7.11 Å². The van der Waals surface area contributed by atoms with Crippen molar-refractivity contribution in [3.63, 3.8) is 0 Å². The molecule has 0 saturated heterocycles. The summed E-state index contributed by atoms with van der Waals surface area (Å²) in [5.41, 5.74) is 4.52. The largest absolute Gasteiger partial charge is 0.478 e. The molecule has 0 aliphatic heterocycles. The SMILES string of the molecule is COC(=O)C(=CC=C(C)C=CC1=C(C)CCCC1(C)C)/C(C)=C\C(=O)O. The van der Waals surface area contributed by atoms with Crippen LogP contribution in [0.15, 0.2) is 58.2 Å². The number of methoxy groups -OCH3 is 1. The zero-order valence-electron chi connectivity index (χ0n) is 16.7. The van der Waals surface area contributed by atoms with E-state index in [0.717, 1.165) is 18.1 Å². The van der Waals surface area contributed by atoms with Crippen LogP contribution in [0.25, 0.3) is 0 Å². The summed E-state index contributed by atoms with van der Waals surface area (Å²) in [7, 11) is 1.28. The van der Waals surface area contributed by atoms with Crippen LogP contribution in [-0.2, 0) is 14.3 Å². The second-order valence-corrected chi connectivity index (χ2v) is 7.41. The fourth-order valence-electron chi connectivity index (χ4n) is 3.23. The molecule has 0 amide bonds. The average Bonchev–Trinajstić information content (AvgIpc) is 2.52. The van der Waals surface area contributed by atoms with Crippen molar-refractivity contribution in [2.45, 2.75) is 53.9 Å².